The Balaban J connectivity index is 2.47. The van der Waals surface area contributed by atoms with Gasteiger partial charge in [-0.05, 0) is 30.7 Å². The van der Waals surface area contributed by atoms with E-state index in [-0.39, 0.29) is 12.1 Å². The van der Waals surface area contributed by atoms with Crippen molar-refractivity contribution in [2.45, 2.75) is 19.6 Å². The average Bonchev–Trinajstić information content (AvgIpc) is 2.76. The molecule has 0 saturated heterocycles. The highest BCUT2D eigenvalue weighted by Crippen LogP contribution is 2.35. The second-order valence-corrected chi connectivity index (χ2v) is 4.00. The molecule has 0 fully saturated rings. The van der Waals surface area contributed by atoms with Crippen LogP contribution in [-0.2, 0) is 12.7 Å². The van der Waals surface area contributed by atoms with Crippen LogP contribution in [0.2, 0.25) is 0 Å². The number of nitrogens with two attached hydrogens (primary N) is 1. The number of hydrogen-bond acceptors (Lipinski definition) is 2. The van der Waals surface area contributed by atoms with Gasteiger partial charge in [0.1, 0.15) is 11.5 Å². The van der Waals surface area contributed by atoms with Crippen molar-refractivity contribution in [1.82, 2.24) is 0 Å². The average molecular weight is 255 g/mol. The van der Waals surface area contributed by atoms with Crippen molar-refractivity contribution in [3.8, 4) is 11.3 Å². The molecule has 0 bridgehead atoms. The van der Waals surface area contributed by atoms with Gasteiger partial charge in [0.25, 0.3) is 0 Å². The third-order valence-electron chi connectivity index (χ3n) is 2.69. The van der Waals surface area contributed by atoms with E-state index in [1.54, 1.807) is 18.2 Å². The van der Waals surface area contributed by atoms with Crippen LogP contribution in [0.25, 0.3) is 11.3 Å². The summed E-state index contributed by atoms with van der Waals surface area (Å²) in [7, 11) is 0. The zero-order chi connectivity index (χ0) is 13.3. The molecule has 0 radical (unpaired) electrons. The van der Waals surface area contributed by atoms with E-state index in [1.165, 1.54) is 13.0 Å². The Morgan fingerprint density at radius 1 is 1.17 bits per heavy atom. The Labute approximate surface area is 102 Å². The summed E-state index contributed by atoms with van der Waals surface area (Å²) in [6.07, 6.45) is -4.36. The number of aryl methyl sites for hydroxylation is 1. The normalized spacial score (nSPS) is 11.8. The Morgan fingerprint density at radius 2 is 1.89 bits per heavy atom. The zero-order valence-electron chi connectivity index (χ0n) is 9.71. The maximum absolute atomic E-state index is 12.8. The van der Waals surface area contributed by atoms with E-state index in [1.807, 2.05) is 0 Å². The van der Waals surface area contributed by atoms with Gasteiger partial charge < -0.3 is 10.2 Å². The predicted octanol–water partition coefficient (Wildman–Crippen LogP) is 3.73. The van der Waals surface area contributed by atoms with Gasteiger partial charge in [-0.2, -0.15) is 13.2 Å². The summed E-state index contributed by atoms with van der Waals surface area (Å²) < 4.78 is 43.6. The van der Waals surface area contributed by atoms with Gasteiger partial charge in [0.2, 0.25) is 0 Å². The topological polar surface area (TPSA) is 39.2 Å². The fourth-order valence-electron chi connectivity index (χ4n) is 1.72. The molecule has 5 heteroatoms. The molecule has 0 aliphatic heterocycles. The summed E-state index contributed by atoms with van der Waals surface area (Å²) >= 11 is 0. The quantitative estimate of drug-likeness (QED) is 0.888. The fraction of sp³-hybridized carbons (Fsp3) is 0.231. The van der Waals surface area contributed by atoms with E-state index in [2.05, 4.69) is 0 Å². The van der Waals surface area contributed by atoms with Gasteiger partial charge >= 0.3 is 6.18 Å². The van der Waals surface area contributed by atoms with Crippen LogP contribution < -0.4 is 5.73 Å². The SMILES string of the molecule is Cc1ccc(-c2ccc(CN)o2)cc1C(F)(F)F. The minimum absolute atomic E-state index is 0.192. The molecule has 96 valence electrons. The zero-order valence-corrected chi connectivity index (χ0v) is 9.71. The highest BCUT2D eigenvalue weighted by molar-refractivity contribution is 5.60. The molecule has 0 amide bonds. The summed E-state index contributed by atoms with van der Waals surface area (Å²) in [5.74, 6) is 0.931. The number of hydrogen-bond donors (Lipinski definition) is 1. The molecule has 0 spiro atoms. The highest BCUT2D eigenvalue weighted by Gasteiger charge is 2.32. The monoisotopic (exact) mass is 255 g/mol. The van der Waals surface area contributed by atoms with Crippen LogP contribution in [0.3, 0.4) is 0 Å². The first-order valence-corrected chi connectivity index (χ1v) is 5.39. The summed E-state index contributed by atoms with van der Waals surface area (Å²) in [6, 6.07) is 7.40. The lowest BCUT2D eigenvalue weighted by Crippen LogP contribution is -2.07. The van der Waals surface area contributed by atoms with E-state index in [4.69, 9.17) is 10.2 Å². The predicted molar refractivity (Wildman–Crippen MR) is 61.8 cm³/mol. The standard InChI is InChI=1S/C13H12F3NO/c1-8-2-3-9(6-11(8)13(14,15)16)12-5-4-10(7-17)18-12/h2-6H,7,17H2,1H3. The number of benzene rings is 1. The van der Waals surface area contributed by atoms with E-state index >= 15 is 0 Å². The van der Waals surface area contributed by atoms with E-state index in [0.29, 0.717) is 17.1 Å². The van der Waals surface area contributed by atoms with Crippen molar-refractivity contribution >= 4 is 0 Å². The van der Waals surface area contributed by atoms with Gasteiger partial charge in [-0.15, -0.1) is 0 Å². The number of furan rings is 1. The van der Waals surface area contributed by atoms with Gasteiger partial charge in [0.15, 0.2) is 0 Å². The van der Waals surface area contributed by atoms with Crippen LogP contribution in [0.5, 0.6) is 0 Å². The maximum atomic E-state index is 12.8. The fourth-order valence-corrected chi connectivity index (χ4v) is 1.72. The summed E-state index contributed by atoms with van der Waals surface area (Å²) in [6.45, 7) is 1.65. The van der Waals surface area contributed by atoms with Crippen molar-refractivity contribution < 1.29 is 17.6 Å². The van der Waals surface area contributed by atoms with Crippen molar-refractivity contribution in [2.24, 2.45) is 5.73 Å². The Hall–Kier alpha value is -1.75. The van der Waals surface area contributed by atoms with Crippen LogP contribution in [0, 0.1) is 6.92 Å². The van der Waals surface area contributed by atoms with Crippen LogP contribution in [0.15, 0.2) is 34.7 Å². The van der Waals surface area contributed by atoms with Crippen LogP contribution >= 0.6 is 0 Å². The molecule has 1 heterocycles. The second-order valence-electron chi connectivity index (χ2n) is 4.00. The molecule has 0 aliphatic carbocycles. The van der Waals surface area contributed by atoms with Crippen LogP contribution in [-0.4, -0.2) is 0 Å². The van der Waals surface area contributed by atoms with E-state index in [0.717, 1.165) is 6.07 Å². The van der Waals surface area contributed by atoms with Gasteiger partial charge in [-0.25, -0.2) is 0 Å². The first-order valence-electron chi connectivity index (χ1n) is 5.39. The molecular formula is C13H12F3NO. The Bertz CT molecular complexity index is 558. The molecule has 2 aromatic rings. The summed E-state index contributed by atoms with van der Waals surface area (Å²) in [5, 5.41) is 0. The van der Waals surface area contributed by atoms with E-state index in [9.17, 15) is 13.2 Å². The van der Waals surface area contributed by atoms with Gasteiger partial charge in [0, 0.05) is 5.56 Å². The molecule has 1 aromatic heterocycles. The van der Waals surface area contributed by atoms with Crippen molar-refractivity contribution in [1.29, 1.82) is 0 Å². The minimum atomic E-state index is -4.36. The maximum Gasteiger partial charge on any atom is 0.416 e. The lowest BCUT2D eigenvalue weighted by atomic mass is 10.0. The first kappa shape index (κ1) is 12.7. The number of alkyl halides is 3. The largest absolute Gasteiger partial charge is 0.460 e. The smallest absolute Gasteiger partial charge is 0.416 e. The lowest BCUT2D eigenvalue weighted by Gasteiger charge is -2.11. The van der Waals surface area contributed by atoms with Gasteiger partial charge in [-0.1, -0.05) is 12.1 Å². The molecule has 1 aromatic carbocycles. The van der Waals surface area contributed by atoms with Crippen LogP contribution in [0.4, 0.5) is 13.2 Å². The molecular weight excluding hydrogens is 243 g/mol. The second kappa shape index (κ2) is 4.49. The summed E-state index contributed by atoms with van der Waals surface area (Å²) in [4.78, 5) is 0. The van der Waals surface area contributed by atoms with Crippen molar-refractivity contribution in [2.75, 3.05) is 0 Å². The van der Waals surface area contributed by atoms with Gasteiger partial charge in [-0.3, -0.25) is 0 Å². The third kappa shape index (κ3) is 2.41. The third-order valence-corrected chi connectivity index (χ3v) is 2.69. The lowest BCUT2D eigenvalue weighted by molar-refractivity contribution is -0.138. The van der Waals surface area contributed by atoms with E-state index < -0.39 is 11.7 Å². The molecule has 2 rings (SSSR count). The molecule has 0 saturated carbocycles. The molecule has 0 aliphatic rings. The molecule has 0 unspecified atom stereocenters. The first-order chi connectivity index (χ1) is 8.41. The molecule has 2 nitrogen and oxygen atoms in total. The van der Waals surface area contributed by atoms with Crippen molar-refractivity contribution in [3.05, 3.63) is 47.2 Å². The molecule has 0 atom stereocenters. The number of halogens is 3. The molecule has 18 heavy (non-hydrogen) atoms. The molecule has 2 N–H and O–H groups in total. The Morgan fingerprint density at radius 3 is 2.44 bits per heavy atom. The van der Waals surface area contributed by atoms with Gasteiger partial charge in [0.05, 0.1) is 12.1 Å². The van der Waals surface area contributed by atoms with Crippen LogP contribution in [0.1, 0.15) is 16.9 Å². The highest BCUT2D eigenvalue weighted by atomic mass is 19.4. The number of rotatable bonds is 2. The summed E-state index contributed by atoms with van der Waals surface area (Å²) in [5.41, 5.74) is 5.33. The minimum Gasteiger partial charge on any atom is -0.460 e. The van der Waals surface area contributed by atoms with Crippen molar-refractivity contribution in [3.63, 3.8) is 0 Å². The Kier molecular flexibility index (Phi) is 3.17.